The van der Waals surface area contributed by atoms with E-state index >= 15 is 0 Å². The number of amides is 1. The highest BCUT2D eigenvalue weighted by Gasteiger charge is 2.31. The van der Waals surface area contributed by atoms with Crippen molar-refractivity contribution >= 4 is 23.1 Å². The van der Waals surface area contributed by atoms with Crippen molar-refractivity contribution in [3.8, 4) is 11.5 Å². The number of benzene rings is 2. The van der Waals surface area contributed by atoms with Crippen LogP contribution in [0.3, 0.4) is 0 Å². The minimum absolute atomic E-state index is 0.0472. The van der Waals surface area contributed by atoms with E-state index in [2.05, 4.69) is 5.32 Å². The van der Waals surface area contributed by atoms with Gasteiger partial charge < -0.3 is 19.7 Å². The molecule has 1 N–H and O–H groups in total. The number of methoxy groups -OCH3 is 1. The molecule has 168 valence electrons. The molecule has 6 nitrogen and oxygen atoms in total. The Morgan fingerprint density at radius 3 is 2.26 bits per heavy atom. The minimum Gasteiger partial charge on any atom is -0.493 e. The van der Waals surface area contributed by atoms with E-state index in [1.54, 1.807) is 0 Å². The number of hydrogen-bond donors (Lipinski definition) is 1. The van der Waals surface area contributed by atoms with Crippen LogP contribution < -0.4 is 19.7 Å². The number of anilines is 2. The van der Waals surface area contributed by atoms with E-state index in [1.807, 2.05) is 18.7 Å². The normalized spacial score (nSPS) is 11.1. The number of nitrogens with one attached hydrogen (secondary N) is 1. The van der Waals surface area contributed by atoms with Gasteiger partial charge in [-0.1, -0.05) is 0 Å². The second-order valence-corrected chi connectivity index (χ2v) is 6.66. The monoisotopic (exact) mass is 438 g/mol. The lowest BCUT2D eigenvalue weighted by molar-refractivity contribution is -0.137. The number of nitrogens with zero attached hydrogens (tertiary/aromatic N) is 1. The van der Waals surface area contributed by atoms with Crippen LogP contribution in [-0.4, -0.2) is 38.5 Å². The standard InChI is InChI=1S/C22H25F3N2O4/c1-5-27(6-2)18-9-8-16(22(23,24)25)12-17(18)26-21(29)13-31-19-10-7-15(14(3)28)11-20(19)30-4/h7-12H,5-6,13H2,1-4H3,(H,26,29). The summed E-state index contributed by atoms with van der Waals surface area (Å²) >= 11 is 0. The molecule has 0 aliphatic heterocycles. The van der Waals surface area contributed by atoms with E-state index in [-0.39, 0.29) is 23.0 Å². The maximum atomic E-state index is 13.2. The molecule has 0 fully saturated rings. The van der Waals surface area contributed by atoms with Gasteiger partial charge in [0.25, 0.3) is 5.91 Å². The van der Waals surface area contributed by atoms with Crippen LogP contribution in [0.15, 0.2) is 36.4 Å². The average molecular weight is 438 g/mol. The molecule has 2 rings (SSSR count). The molecule has 0 saturated carbocycles. The highest BCUT2D eigenvalue weighted by Crippen LogP contribution is 2.35. The van der Waals surface area contributed by atoms with Gasteiger partial charge >= 0.3 is 6.18 Å². The first kappa shape index (κ1) is 24.0. The number of Topliss-reactive ketones (excluding diaryl/α,β-unsaturated/α-hetero) is 1. The molecule has 0 radical (unpaired) electrons. The lowest BCUT2D eigenvalue weighted by atomic mass is 10.1. The first-order valence-corrected chi connectivity index (χ1v) is 9.68. The zero-order valence-corrected chi connectivity index (χ0v) is 17.8. The Hall–Kier alpha value is -3.23. The van der Waals surface area contributed by atoms with Crippen molar-refractivity contribution in [1.29, 1.82) is 0 Å². The predicted octanol–water partition coefficient (Wildman–Crippen LogP) is 4.78. The molecule has 2 aromatic carbocycles. The SMILES string of the molecule is CCN(CC)c1ccc(C(F)(F)F)cc1NC(=O)COc1ccc(C(C)=O)cc1OC. The number of ketones is 1. The molecule has 0 spiro atoms. The van der Waals surface area contributed by atoms with Crippen molar-refractivity contribution in [2.24, 2.45) is 0 Å². The van der Waals surface area contributed by atoms with Crippen molar-refractivity contribution in [3.63, 3.8) is 0 Å². The van der Waals surface area contributed by atoms with Crippen LogP contribution in [0.1, 0.15) is 36.7 Å². The summed E-state index contributed by atoms with van der Waals surface area (Å²) in [5.74, 6) is -0.291. The lowest BCUT2D eigenvalue weighted by Crippen LogP contribution is -2.26. The van der Waals surface area contributed by atoms with E-state index in [0.717, 1.165) is 12.1 Å². The maximum absolute atomic E-state index is 13.2. The largest absolute Gasteiger partial charge is 0.493 e. The van der Waals surface area contributed by atoms with Gasteiger partial charge in [-0.15, -0.1) is 0 Å². The van der Waals surface area contributed by atoms with E-state index in [1.165, 1.54) is 38.3 Å². The molecule has 2 aromatic rings. The summed E-state index contributed by atoms with van der Waals surface area (Å²) < 4.78 is 50.1. The van der Waals surface area contributed by atoms with Crippen LogP contribution in [0.2, 0.25) is 0 Å². The van der Waals surface area contributed by atoms with Gasteiger partial charge in [0.05, 0.1) is 24.0 Å². The van der Waals surface area contributed by atoms with Gasteiger partial charge in [0.1, 0.15) is 0 Å². The van der Waals surface area contributed by atoms with Crippen molar-refractivity contribution in [1.82, 2.24) is 0 Å². The summed E-state index contributed by atoms with van der Waals surface area (Å²) in [5.41, 5.74) is 0.0864. The summed E-state index contributed by atoms with van der Waals surface area (Å²) in [4.78, 5) is 25.8. The zero-order chi connectivity index (χ0) is 23.2. The Morgan fingerprint density at radius 2 is 1.71 bits per heavy atom. The number of hydrogen-bond acceptors (Lipinski definition) is 5. The van der Waals surface area contributed by atoms with E-state index < -0.39 is 24.3 Å². The number of carbonyl (C=O) groups excluding carboxylic acids is 2. The number of alkyl halides is 3. The predicted molar refractivity (Wildman–Crippen MR) is 112 cm³/mol. The highest BCUT2D eigenvalue weighted by molar-refractivity contribution is 5.96. The molecule has 0 bridgehead atoms. The van der Waals surface area contributed by atoms with Gasteiger partial charge in [0.15, 0.2) is 23.9 Å². The molecule has 0 unspecified atom stereocenters. The van der Waals surface area contributed by atoms with Crippen LogP contribution in [0, 0.1) is 0 Å². The molecule has 0 aromatic heterocycles. The third kappa shape index (κ3) is 6.13. The number of ether oxygens (including phenoxy) is 2. The number of carbonyl (C=O) groups is 2. The molecule has 0 atom stereocenters. The summed E-state index contributed by atoms with van der Waals surface area (Å²) in [6.07, 6.45) is -4.54. The highest BCUT2D eigenvalue weighted by atomic mass is 19.4. The molecular formula is C22H25F3N2O4. The van der Waals surface area contributed by atoms with Crippen molar-refractivity contribution in [2.45, 2.75) is 26.9 Å². The topological polar surface area (TPSA) is 67.9 Å². The molecule has 9 heteroatoms. The van der Waals surface area contributed by atoms with Crippen LogP contribution in [0.5, 0.6) is 11.5 Å². The van der Waals surface area contributed by atoms with E-state index in [0.29, 0.717) is 24.3 Å². The quantitative estimate of drug-likeness (QED) is 0.571. The Morgan fingerprint density at radius 1 is 1.03 bits per heavy atom. The zero-order valence-electron chi connectivity index (χ0n) is 17.8. The Balaban J connectivity index is 2.22. The van der Waals surface area contributed by atoms with Crippen molar-refractivity contribution < 1.29 is 32.2 Å². The summed E-state index contributed by atoms with van der Waals surface area (Å²) in [6.45, 7) is 5.80. The van der Waals surface area contributed by atoms with E-state index in [9.17, 15) is 22.8 Å². The van der Waals surface area contributed by atoms with Gasteiger partial charge in [0.2, 0.25) is 0 Å². The molecule has 0 heterocycles. The smallest absolute Gasteiger partial charge is 0.416 e. The second kappa shape index (κ2) is 10.2. The van der Waals surface area contributed by atoms with Crippen LogP contribution in [0.25, 0.3) is 0 Å². The molecule has 31 heavy (non-hydrogen) atoms. The Kier molecular flexibility index (Phi) is 7.90. The van der Waals surface area contributed by atoms with Gasteiger partial charge in [0, 0.05) is 18.7 Å². The fraction of sp³-hybridized carbons (Fsp3) is 0.364. The minimum atomic E-state index is -4.54. The molecule has 0 aliphatic carbocycles. The van der Waals surface area contributed by atoms with Crippen molar-refractivity contribution in [2.75, 3.05) is 37.0 Å². The van der Waals surface area contributed by atoms with E-state index in [4.69, 9.17) is 9.47 Å². The second-order valence-electron chi connectivity index (χ2n) is 6.66. The molecular weight excluding hydrogens is 413 g/mol. The Bertz CT molecular complexity index is 941. The number of rotatable bonds is 9. The van der Waals surface area contributed by atoms with Crippen LogP contribution in [0.4, 0.5) is 24.5 Å². The summed E-state index contributed by atoms with van der Waals surface area (Å²) in [6, 6.07) is 7.75. The fourth-order valence-corrected chi connectivity index (χ4v) is 2.99. The Labute approximate surface area is 178 Å². The number of halogens is 3. The van der Waals surface area contributed by atoms with Crippen LogP contribution >= 0.6 is 0 Å². The molecule has 0 aliphatic rings. The fourth-order valence-electron chi connectivity index (χ4n) is 2.99. The summed E-state index contributed by atoms with van der Waals surface area (Å²) in [5, 5.41) is 2.51. The van der Waals surface area contributed by atoms with Gasteiger partial charge in [-0.3, -0.25) is 9.59 Å². The lowest BCUT2D eigenvalue weighted by Gasteiger charge is -2.25. The third-order valence-corrected chi connectivity index (χ3v) is 4.63. The maximum Gasteiger partial charge on any atom is 0.416 e. The van der Waals surface area contributed by atoms with Crippen LogP contribution in [-0.2, 0) is 11.0 Å². The van der Waals surface area contributed by atoms with Crippen molar-refractivity contribution in [3.05, 3.63) is 47.5 Å². The average Bonchev–Trinajstić information content (AvgIpc) is 2.73. The third-order valence-electron chi connectivity index (χ3n) is 4.63. The molecule has 1 amide bonds. The van der Waals surface area contributed by atoms with Gasteiger partial charge in [-0.25, -0.2) is 0 Å². The first-order chi connectivity index (χ1) is 14.6. The summed E-state index contributed by atoms with van der Waals surface area (Å²) in [7, 11) is 1.39. The van der Waals surface area contributed by atoms with Gasteiger partial charge in [-0.05, 0) is 57.2 Å². The molecule has 0 saturated heterocycles. The first-order valence-electron chi connectivity index (χ1n) is 9.68. The van der Waals surface area contributed by atoms with Gasteiger partial charge in [-0.2, -0.15) is 13.2 Å².